The molecule has 102 valence electrons. The molecule has 0 aliphatic carbocycles. The van der Waals surface area contributed by atoms with Crippen molar-refractivity contribution < 1.29 is 13.2 Å². The van der Waals surface area contributed by atoms with E-state index >= 15 is 0 Å². The Bertz CT molecular complexity index is 400. The number of halogens is 5. The SMILES string of the molecule is CC(C)CC(Br)Cc1ccc(C(F)(F)F)cc1Br. The molecule has 1 unspecified atom stereocenters. The van der Waals surface area contributed by atoms with Crippen LogP contribution in [0.15, 0.2) is 22.7 Å². The Morgan fingerprint density at radius 2 is 1.83 bits per heavy atom. The lowest BCUT2D eigenvalue weighted by molar-refractivity contribution is -0.137. The second-order valence-electron chi connectivity index (χ2n) is 4.73. The van der Waals surface area contributed by atoms with Crippen LogP contribution >= 0.6 is 31.9 Å². The van der Waals surface area contributed by atoms with Crippen LogP contribution in [-0.2, 0) is 12.6 Å². The molecule has 0 spiro atoms. The van der Waals surface area contributed by atoms with Gasteiger partial charge in [-0.3, -0.25) is 0 Å². The summed E-state index contributed by atoms with van der Waals surface area (Å²) in [6, 6.07) is 3.82. The van der Waals surface area contributed by atoms with Crippen LogP contribution in [0.2, 0.25) is 0 Å². The molecule has 0 N–H and O–H groups in total. The van der Waals surface area contributed by atoms with Crippen molar-refractivity contribution in [1.29, 1.82) is 0 Å². The summed E-state index contributed by atoms with van der Waals surface area (Å²) in [5, 5.41) is 0. The topological polar surface area (TPSA) is 0 Å². The zero-order valence-corrected chi connectivity index (χ0v) is 13.4. The molecule has 0 bridgehead atoms. The summed E-state index contributed by atoms with van der Waals surface area (Å²) >= 11 is 6.78. The van der Waals surface area contributed by atoms with Gasteiger partial charge in [-0.1, -0.05) is 51.8 Å². The number of alkyl halides is 4. The maximum Gasteiger partial charge on any atom is 0.416 e. The zero-order valence-electron chi connectivity index (χ0n) is 10.2. The highest BCUT2D eigenvalue weighted by Crippen LogP contribution is 2.33. The zero-order chi connectivity index (χ0) is 13.9. The Morgan fingerprint density at radius 1 is 1.22 bits per heavy atom. The molecule has 0 aromatic heterocycles. The highest BCUT2D eigenvalue weighted by atomic mass is 79.9. The highest BCUT2D eigenvalue weighted by molar-refractivity contribution is 9.10. The van der Waals surface area contributed by atoms with Crippen molar-refractivity contribution in [2.24, 2.45) is 5.92 Å². The normalized spacial score (nSPS) is 14.0. The van der Waals surface area contributed by atoms with Gasteiger partial charge in [0.25, 0.3) is 0 Å². The van der Waals surface area contributed by atoms with Crippen molar-refractivity contribution in [3.63, 3.8) is 0 Å². The van der Waals surface area contributed by atoms with Crippen LogP contribution in [0.4, 0.5) is 13.2 Å². The Hall–Kier alpha value is -0.0300. The predicted molar refractivity (Wildman–Crippen MR) is 75.0 cm³/mol. The first-order chi connectivity index (χ1) is 8.20. The maximum absolute atomic E-state index is 12.5. The van der Waals surface area contributed by atoms with Crippen LogP contribution in [0, 0.1) is 5.92 Å². The van der Waals surface area contributed by atoms with Crippen LogP contribution in [0.5, 0.6) is 0 Å². The van der Waals surface area contributed by atoms with Crippen molar-refractivity contribution in [3.8, 4) is 0 Å². The summed E-state index contributed by atoms with van der Waals surface area (Å²) in [5.74, 6) is 0.558. The Morgan fingerprint density at radius 3 is 2.28 bits per heavy atom. The van der Waals surface area contributed by atoms with Crippen LogP contribution in [0.1, 0.15) is 31.4 Å². The third kappa shape index (κ3) is 4.92. The van der Waals surface area contributed by atoms with Gasteiger partial charge in [0, 0.05) is 9.30 Å². The number of benzene rings is 1. The molecule has 18 heavy (non-hydrogen) atoms. The Labute approximate surface area is 122 Å². The third-order valence-corrected chi connectivity index (χ3v) is 3.98. The molecule has 0 aliphatic heterocycles. The lowest BCUT2D eigenvalue weighted by Gasteiger charge is -2.14. The minimum atomic E-state index is -4.28. The molecule has 0 saturated carbocycles. The summed E-state index contributed by atoms with van der Waals surface area (Å²) < 4.78 is 38.0. The van der Waals surface area contributed by atoms with E-state index in [1.54, 1.807) is 6.07 Å². The Balaban J connectivity index is 2.80. The van der Waals surface area contributed by atoms with E-state index in [0.717, 1.165) is 30.5 Å². The van der Waals surface area contributed by atoms with Gasteiger partial charge < -0.3 is 0 Å². The molecule has 0 heterocycles. The first kappa shape index (κ1) is 16.0. The molecule has 1 rings (SSSR count). The molecule has 1 aromatic rings. The Kier molecular flexibility index (Phi) is 5.71. The van der Waals surface area contributed by atoms with Crippen molar-refractivity contribution >= 4 is 31.9 Å². The molecule has 1 atom stereocenters. The van der Waals surface area contributed by atoms with E-state index in [9.17, 15) is 13.2 Å². The molecule has 0 aliphatic rings. The van der Waals surface area contributed by atoms with E-state index in [-0.39, 0.29) is 4.83 Å². The number of hydrogen-bond acceptors (Lipinski definition) is 0. The fourth-order valence-corrected chi connectivity index (χ4v) is 3.36. The van der Waals surface area contributed by atoms with Crippen LogP contribution < -0.4 is 0 Å². The fourth-order valence-electron chi connectivity index (χ4n) is 1.72. The third-order valence-electron chi connectivity index (χ3n) is 2.55. The van der Waals surface area contributed by atoms with Gasteiger partial charge in [-0.15, -0.1) is 0 Å². The maximum atomic E-state index is 12.5. The molecular weight excluding hydrogens is 373 g/mol. The van der Waals surface area contributed by atoms with Gasteiger partial charge in [0.1, 0.15) is 0 Å². The van der Waals surface area contributed by atoms with E-state index in [1.807, 2.05) is 0 Å². The molecule has 5 heteroatoms. The second-order valence-corrected chi connectivity index (χ2v) is 6.88. The predicted octanol–water partition coefficient (Wildman–Crippen LogP) is 5.82. The summed E-state index contributed by atoms with van der Waals surface area (Å²) in [5.41, 5.74) is 0.277. The van der Waals surface area contributed by atoms with E-state index in [4.69, 9.17) is 0 Å². The van der Waals surface area contributed by atoms with Crippen molar-refractivity contribution in [3.05, 3.63) is 33.8 Å². The first-order valence-electron chi connectivity index (χ1n) is 5.70. The van der Waals surface area contributed by atoms with Gasteiger partial charge in [0.05, 0.1) is 5.56 Å². The summed E-state index contributed by atoms with van der Waals surface area (Å²) in [4.78, 5) is 0.283. The summed E-state index contributed by atoms with van der Waals surface area (Å²) in [7, 11) is 0. The molecule has 0 amide bonds. The van der Waals surface area contributed by atoms with Gasteiger partial charge in [-0.05, 0) is 36.5 Å². The fraction of sp³-hybridized carbons (Fsp3) is 0.538. The molecular formula is C13H15Br2F3. The number of hydrogen-bond donors (Lipinski definition) is 0. The van der Waals surface area contributed by atoms with Crippen LogP contribution in [0.25, 0.3) is 0 Å². The van der Waals surface area contributed by atoms with E-state index in [0.29, 0.717) is 10.4 Å². The van der Waals surface area contributed by atoms with Gasteiger partial charge >= 0.3 is 6.18 Å². The number of rotatable bonds is 4. The van der Waals surface area contributed by atoms with Crippen molar-refractivity contribution in [1.82, 2.24) is 0 Å². The van der Waals surface area contributed by atoms with Crippen LogP contribution in [0.3, 0.4) is 0 Å². The largest absolute Gasteiger partial charge is 0.416 e. The summed E-state index contributed by atoms with van der Waals surface area (Å²) in [6.45, 7) is 4.24. The molecule has 0 saturated heterocycles. The minimum absolute atomic E-state index is 0.283. The van der Waals surface area contributed by atoms with Crippen molar-refractivity contribution in [2.45, 2.75) is 37.7 Å². The van der Waals surface area contributed by atoms with Gasteiger partial charge in [-0.25, -0.2) is 0 Å². The van der Waals surface area contributed by atoms with E-state index in [2.05, 4.69) is 45.7 Å². The smallest absolute Gasteiger partial charge is 0.166 e. The monoisotopic (exact) mass is 386 g/mol. The highest BCUT2D eigenvalue weighted by Gasteiger charge is 2.30. The molecule has 0 fully saturated rings. The molecule has 0 nitrogen and oxygen atoms in total. The average molecular weight is 388 g/mol. The first-order valence-corrected chi connectivity index (χ1v) is 7.40. The standard InChI is InChI=1S/C13H15Br2F3/c1-8(2)5-11(14)6-9-3-4-10(7-12(9)15)13(16,17)18/h3-4,7-8,11H,5-6H2,1-2H3. The lowest BCUT2D eigenvalue weighted by atomic mass is 10.0. The van der Waals surface area contributed by atoms with E-state index in [1.165, 1.54) is 0 Å². The minimum Gasteiger partial charge on any atom is -0.166 e. The van der Waals surface area contributed by atoms with Crippen LogP contribution in [-0.4, -0.2) is 4.83 Å². The summed E-state index contributed by atoms with van der Waals surface area (Å²) in [6.07, 6.45) is -2.57. The molecule has 0 radical (unpaired) electrons. The van der Waals surface area contributed by atoms with Gasteiger partial charge in [0.15, 0.2) is 0 Å². The van der Waals surface area contributed by atoms with E-state index < -0.39 is 11.7 Å². The van der Waals surface area contributed by atoms with Crippen molar-refractivity contribution in [2.75, 3.05) is 0 Å². The van der Waals surface area contributed by atoms with Gasteiger partial charge in [-0.2, -0.15) is 13.2 Å². The van der Waals surface area contributed by atoms with Gasteiger partial charge in [0.2, 0.25) is 0 Å². The second kappa shape index (κ2) is 6.42. The molecule has 1 aromatic carbocycles. The average Bonchev–Trinajstić information content (AvgIpc) is 2.18. The quantitative estimate of drug-likeness (QED) is 0.571. The lowest BCUT2D eigenvalue weighted by Crippen LogP contribution is -2.09.